The van der Waals surface area contributed by atoms with Crippen LogP contribution in [0.4, 0.5) is 0 Å². The quantitative estimate of drug-likeness (QED) is 0.462. The molecule has 94 valence electrons. The van der Waals surface area contributed by atoms with Crippen LogP contribution in [0.5, 0.6) is 0 Å². The fourth-order valence-electron chi connectivity index (χ4n) is 1.68. The Hall–Kier alpha value is -0.901. The maximum absolute atomic E-state index is 4.35. The molecule has 1 aromatic carbocycles. The summed E-state index contributed by atoms with van der Waals surface area (Å²) < 4.78 is 3.19. The first-order chi connectivity index (χ1) is 8.36. The van der Waals surface area contributed by atoms with Crippen LogP contribution in [-0.4, -0.2) is 27.0 Å². The van der Waals surface area contributed by atoms with E-state index in [-0.39, 0.29) is 17.1 Å². The van der Waals surface area contributed by atoms with Crippen molar-refractivity contribution in [2.45, 2.75) is 0 Å². The molecule has 0 atom stereocenters. The summed E-state index contributed by atoms with van der Waals surface area (Å²) in [6.45, 7) is 0. The Kier molecular flexibility index (Phi) is 6.33. The van der Waals surface area contributed by atoms with E-state index in [2.05, 4.69) is 61.8 Å². The Labute approximate surface area is 125 Å². The van der Waals surface area contributed by atoms with Crippen molar-refractivity contribution in [3.05, 3.63) is 48.8 Å². The number of pyridine rings is 2. The number of aromatic nitrogens is 2. The zero-order valence-electron chi connectivity index (χ0n) is 9.18. The van der Waals surface area contributed by atoms with Crippen LogP contribution in [0.1, 0.15) is 0 Å². The summed E-state index contributed by atoms with van der Waals surface area (Å²) in [5.41, 5.74) is 1.95. The van der Waals surface area contributed by atoms with Gasteiger partial charge in [0.2, 0.25) is 0 Å². The summed E-state index contributed by atoms with van der Waals surface area (Å²) in [5, 5.41) is 2.28. The van der Waals surface area contributed by atoms with Gasteiger partial charge in [-0.3, -0.25) is 9.97 Å². The molecule has 0 saturated carbocycles. The van der Waals surface area contributed by atoms with Crippen molar-refractivity contribution in [1.29, 1.82) is 0 Å². The van der Waals surface area contributed by atoms with Crippen LogP contribution in [0.3, 0.4) is 0 Å². The maximum Gasteiger partial charge on any atom is 0.0964 e. The maximum atomic E-state index is 4.35. The van der Waals surface area contributed by atoms with Crippen LogP contribution >= 0.6 is 23.7 Å². The molecule has 0 radical (unpaired) electrons. The van der Waals surface area contributed by atoms with E-state index in [9.17, 15) is 0 Å². The van der Waals surface area contributed by atoms with Gasteiger partial charge in [-0.25, -0.2) is 0 Å². The number of rotatable bonds is 0. The second-order valence-electron chi connectivity index (χ2n) is 3.27. The third-order valence-electron chi connectivity index (χ3n) is 2.34. The summed E-state index contributed by atoms with van der Waals surface area (Å²) in [6, 6.07) is 12.1. The van der Waals surface area contributed by atoms with Crippen molar-refractivity contribution in [3.8, 4) is 0 Å². The second kappa shape index (κ2) is 7.52. The molecule has 0 bridgehead atoms. The van der Waals surface area contributed by atoms with E-state index in [0.717, 1.165) is 21.8 Å². The summed E-state index contributed by atoms with van der Waals surface area (Å²) >= 11 is 8.53. The van der Waals surface area contributed by atoms with Crippen molar-refractivity contribution in [3.63, 3.8) is 0 Å². The van der Waals surface area contributed by atoms with Gasteiger partial charge in [0, 0.05) is 23.2 Å². The van der Waals surface area contributed by atoms with Gasteiger partial charge in [0.05, 0.1) is 34.8 Å². The topological polar surface area (TPSA) is 35.0 Å². The van der Waals surface area contributed by atoms with E-state index in [1.807, 2.05) is 12.1 Å². The average Bonchev–Trinajstić information content (AvgIpc) is 2.40. The Balaban J connectivity index is 0.000000372. The van der Waals surface area contributed by atoms with E-state index in [0.29, 0.717) is 0 Å². The van der Waals surface area contributed by atoms with Gasteiger partial charge >= 0.3 is 17.1 Å². The van der Waals surface area contributed by atoms with E-state index < -0.39 is 0 Å². The Bertz CT molecular complexity index is 582. The molecule has 0 amide bonds. The molecule has 0 saturated heterocycles. The van der Waals surface area contributed by atoms with Crippen molar-refractivity contribution < 1.29 is 3.84 Å². The largest absolute Gasteiger partial charge is 0.254 e. The van der Waals surface area contributed by atoms with Crippen LogP contribution in [0.15, 0.2) is 48.8 Å². The van der Waals surface area contributed by atoms with Gasteiger partial charge in [0.25, 0.3) is 0 Å². The van der Waals surface area contributed by atoms with E-state index >= 15 is 0 Å². The molecule has 0 aliphatic rings. The fourth-order valence-corrected chi connectivity index (χ4v) is 1.68. The predicted octanol–water partition coefficient (Wildman–Crippen LogP) is 3.18. The van der Waals surface area contributed by atoms with Crippen molar-refractivity contribution in [2.24, 2.45) is 0 Å². The molecule has 18 heavy (non-hydrogen) atoms. The Morgan fingerprint density at radius 2 is 1.17 bits per heavy atom. The molecule has 3 aromatic rings. The molecule has 0 unspecified atom stereocenters. The molecule has 3 rings (SSSR count). The zero-order valence-corrected chi connectivity index (χ0v) is 12.8. The minimum atomic E-state index is 0. The van der Waals surface area contributed by atoms with Crippen molar-refractivity contribution in [1.82, 2.24) is 9.97 Å². The normalized spacial score (nSPS) is 9.44. The monoisotopic (exact) mass is 348 g/mol. The second-order valence-corrected chi connectivity index (χ2v) is 3.74. The number of nitrogens with zero attached hydrogens (tertiary/aromatic N) is 2. The third kappa shape index (κ3) is 3.31. The van der Waals surface area contributed by atoms with Gasteiger partial charge in [-0.05, 0) is 12.1 Å². The number of hydrogen-bond donors (Lipinski definition) is 0. The van der Waals surface area contributed by atoms with Gasteiger partial charge in [-0.1, -0.05) is 24.3 Å². The molecule has 0 aliphatic carbocycles. The molecule has 2 heterocycles. The molecule has 0 fully saturated rings. The molecular weight excluding hydrogens is 338 g/mol. The first-order valence-corrected chi connectivity index (χ1v) is 5.46. The molecule has 0 N–H and O–H groups in total. The average molecular weight is 348 g/mol. The van der Waals surface area contributed by atoms with Gasteiger partial charge < -0.3 is 0 Å². The third-order valence-corrected chi connectivity index (χ3v) is 2.34. The predicted molar refractivity (Wildman–Crippen MR) is 78.4 cm³/mol. The molecule has 0 spiro atoms. The SMILES string of the molecule is ClOCl.[SeH2].c1cnc2c(c1)ccc1cccnc12. The van der Waals surface area contributed by atoms with E-state index in [1.165, 1.54) is 0 Å². The van der Waals surface area contributed by atoms with Gasteiger partial charge in [-0.2, -0.15) is 3.84 Å². The fraction of sp³-hybridized carbons (Fsp3) is 0. The van der Waals surface area contributed by atoms with Gasteiger partial charge in [0.15, 0.2) is 0 Å². The van der Waals surface area contributed by atoms with Crippen LogP contribution in [-0.2, 0) is 3.84 Å². The van der Waals surface area contributed by atoms with Crippen LogP contribution < -0.4 is 0 Å². The number of fused-ring (bicyclic) bond motifs is 3. The van der Waals surface area contributed by atoms with E-state index in [1.54, 1.807) is 12.4 Å². The molecule has 6 heteroatoms. The first kappa shape index (κ1) is 15.2. The number of benzene rings is 1. The zero-order chi connectivity index (χ0) is 12.1. The van der Waals surface area contributed by atoms with Gasteiger partial charge in [0.1, 0.15) is 0 Å². The van der Waals surface area contributed by atoms with Crippen LogP contribution in [0.2, 0.25) is 0 Å². The summed E-state index contributed by atoms with van der Waals surface area (Å²) in [4.78, 5) is 8.69. The summed E-state index contributed by atoms with van der Waals surface area (Å²) in [6.07, 6.45) is 3.60. The standard InChI is InChI=1S/C12H8N2.Cl2O.H2Se/c1-3-9-5-6-10-4-2-8-14-12(10)11(9)13-7-1;1-3-2;/h1-8H;;1H2. The minimum Gasteiger partial charge on any atom is -0.254 e. The van der Waals surface area contributed by atoms with Crippen molar-refractivity contribution >= 4 is 62.6 Å². The Morgan fingerprint density at radius 1 is 0.778 bits per heavy atom. The first-order valence-electron chi connectivity index (χ1n) is 4.84. The molecule has 2 aromatic heterocycles. The summed E-state index contributed by atoms with van der Waals surface area (Å²) in [7, 11) is 0. The Morgan fingerprint density at radius 3 is 1.56 bits per heavy atom. The number of hydrogen-bond acceptors (Lipinski definition) is 3. The minimum absolute atomic E-state index is 0. The smallest absolute Gasteiger partial charge is 0.0964 e. The van der Waals surface area contributed by atoms with Crippen LogP contribution in [0, 0.1) is 0 Å². The van der Waals surface area contributed by atoms with Crippen molar-refractivity contribution in [2.75, 3.05) is 0 Å². The molecule has 3 nitrogen and oxygen atoms in total. The van der Waals surface area contributed by atoms with E-state index in [4.69, 9.17) is 0 Å². The van der Waals surface area contributed by atoms with Gasteiger partial charge in [-0.15, -0.1) is 0 Å². The molecule has 0 aliphatic heterocycles. The van der Waals surface area contributed by atoms with Crippen LogP contribution in [0.25, 0.3) is 21.8 Å². The molecular formula is C12H10Cl2N2OSe. The summed E-state index contributed by atoms with van der Waals surface area (Å²) in [5.74, 6) is 0. The number of halogens is 2.